The van der Waals surface area contributed by atoms with Gasteiger partial charge in [-0.15, -0.1) is 0 Å². The summed E-state index contributed by atoms with van der Waals surface area (Å²) >= 11 is 0. The molecule has 1 aliphatic carbocycles. The van der Waals surface area contributed by atoms with Crippen LogP contribution in [0.2, 0.25) is 0 Å². The maximum atomic E-state index is 10.7. The molecule has 0 aromatic heterocycles. The SMILES string of the molecule is CNC1CC(Oc2ccc([N+](=O)[O-])c(C)c2)C1OC. The number of nitrogens with zero attached hydrogens (tertiary/aromatic N) is 1. The molecule has 1 aliphatic rings. The molecular formula is C13H18N2O4. The van der Waals surface area contributed by atoms with Gasteiger partial charge >= 0.3 is 0 Å². The lowest BCUT2D eigenvalue weighted by Gasteiger charge is -2.42. The number of rotatable bonds is 5. The predicted molar refractivity (Wildman–Crippen MR) is 70.5 cm³/mol. The van der Waals surface area contributed by atoms with Crippen LogP contribution in [0, 0.1) is 17.0 Å². The Morgan fingerprint density at radius 3 is 2.74 bits per heavy atom. The number of aryl methyl sites for hydroxylation is 1. The van der Waals surface area contributed by atoms with Crippen molar-refractivity contribution in [2.75, 3.05) is 14.2 Å². The van der Waals surface area contributed by atoms with E-state index in [-0.39, 0.29) is 17.9 Å². The molecule has 3 unspecified atom stereocenters. The van der Waals surface area contributed by atoms with E-state index < -0.39 is 4.92 Å². The van der Waals surface area contributed by atoms with E-state index in [0.717, 1.165) is 6.42 Å². The average Bonchev–Trinajstić information content (AvgIpc) is 2.34. The molecule has 1 fully saturated rings. The Balaban J connectivity index is 2.05. The highest BCUT2D eigenvalue weighted by atomic mass is 16.6. The lowest BCUT2D eigenvalue weighted by molar-refractivity contribution is -0.385. The zero-order valence-corrected chi connectivity index (χ0v) is 11.3. The molecule has 0 bridgehead atoms. The van der Waals surface area contributed by atoms with Crippen molar-refractivity contribution in [3.05, 3.63) is 33.9 Å². The molecule has 1 aromatic carbocycles. The molecule has 1 N–H and O–H groups in total. The fraction of sp³-hybridized carbons (Fsp3) is 0.538. The molecule has 6 heteroatoms. The van der Waals surface area contributed by atoms with Gasteiger partial charge in [0.25, 0.3) is 5.69 Å². The molecule has 1 saturated carbocycles. The van der Waals surface area contributed by atoms with Gasteiger partial charge in [-0.05, 0) is 26.1 Å². The molecule has 3 atom stereocenters. The van der Waals surface area contributed by atoms with Crippen LogP contribution in [-0.2, 0) is 4.74 Å². The molecule has 6 nitrogen and oxygen atoms in total. The maximum absolute atomic E-state index is 10.7. The standard InChI is InChI=1S/C13H18N2O4/c1-8-6-9(4-5-11(8)15(16)17)19-12-7-10(14-2)13(12)18-3/h4-6,10,12-14H,7H2,1-3H3. The van der Waals surface area contributed by atoms with Crippen LogP contribution in [0.3, 0.4) is 0 Å². The van der Waals surface area contributed by atoms with Gasteiger partial charge in [-0.1, -0.05) is 0 Å². The molecule has 0 amide bonds. The molecular weight excluding hydrogens is 248 g/mol. The van der Waals surface area contributed by atoms with E-state index in [2.05, 4.69) is 5.32 Å². The Kier molecular flexibility index (Phi) is 4.01. The number of methoxy groups -OCH3 is 1. The van der Waals surface area contributed by atoms with E-state index in [0.29, 0.717) is 17.4 Å². The molecule has 104 valence electrons. The fourth-order valence-corrected chi connectivity index (χ4v) is 2.38. The second kappa shape index (κ2) is 5.54. The van der Waals surface area contributed by atoms with E-state index in [4.69, 9.17) is 9.47 Å². The predicted octanol–water partition coefficient (Wildman–Crippen LogP) is 1.66. The van der Waals surface area contributed by atoms with E-state index >= 15 is 0 Å². The number of nitro benzene ring substituents is 1. The summed E-state index contributed by atoms with van der Waals surface area (Å²) in [6.07, 6.45) is 0.870. The fourth-order valence-electron chi connectivity index (χ4n) is 2.38. The van der Waals surface area contributed by atoms with Gasteiger partial charge in [0.2, 0.25) is 0 Å². The summed E-state index contributed by atoms with van der Waals surface area (Å²) in [6.45, 7) is 1.70. The van der Waals surface area contributed by atoms with Crippen LogP contribution in [0.1, 0.15) is 12.0 Å². The van der Waals surface area contributed by atoms with E-state index in [1.165, 1.54) is 6.07 Å². The number of likely N-dealkylation sites (N-methyl/N-ethyl adjacent to an activating group) is 1. The molecule has 2 rings (SSSR count). The molecule has 1 aromatic rings. The highest BCUT2D eigenvalue weighted by molar-refractivity contribution is 5.44. The van der Waals surface area contributed by atoms with Crippen molar-refractivity contribution < 1.29 is 14.4 Å². The highest BCUT2D eigenvalue weighted by Crippen LogP contribution is 2.30. The summed E-state index contributed by atoms with van der Waals surface area (Å²) in [5.74, 6) is 0.643. The smallest absolute Gasteiger partial charge is 0.272 e. The lowest BCUT2D eigenvalue weighted by atomic mass is 9.85. The van der Waals surface area contributed by atoms with Gasteiger partial charge in [0.05, 0.1) is 4.92 Å². The normalized spacial score (nSPS) is 25.7. The van der Waals surface area contributed by atoms with Gasteiger partial charge < -0.3 is 14.8 Å². The van der Waals surface area contributed by atoms with Gasteiger partial charge in [0.15, 0.2) is 0 Å². The van der Waals surface area contributed by atoms with Crippen LogP contribution in [0.25, 0.3) is 0 Å². The van der Waals surface area contributed by atoms with Gasteiger partial charge in [0, 0.05) is 31.2 Å². The van der Waals surface area contributed by atoms with Crippen LogP contribution in [0.5, 0.6) is 5.75 Å². The van der Waals surface area contributed by atoms with Crippen molar-refractivity contribution in [3.8, 4) is 5.75 Å². The molecule has 0 radical (unpaired) electrons. The Hall–Kier alpha value is -1.66. The molecule has 0 heterocycles. The second-order valence-corrected chi connectivity index (χ2v) is 4.69. The van der Waals surface area contributed by atoms with E-state index in [9.17, 15) is 10.1 Å². The van der Waals surface area contributed by atoms with Gasteiger partial charge in [-0.25, -0.2) is 0 Å². The van der Waals surface area contributed by atoms with Crippen molar-refractivity contribution >= 4 is 5.69 Å². The van der Waals surface area contributed by atoms with E-state index in [1.807, 2.05) is 7.05 Å². The van der Waals surface area contributed by atoms with Gasteiger partial charge in [0.1, 0.15) is 18.0 Å². The number of benzene rings is 1. The van der Waals surface area contributed by atoms with Crippen LogP contribution in [-0.4, -0.2) is 37.3 Å². The minimum absolute atomic E-state index is 0.0108. The van der Waals surface area contributed by atoms with Crippen molar-refractivity contribution in [1.29, 1.82) is 0 Å². The first kappa shape index (κ1) is 13.8. The third-order valence-electron chi connectivity index (χ3n) is 3.54. The van der Waals surface area contributed by atoms with Crippen molar-refractivity contribution in [2.24, 2.45) is 0 Å². The van der Waals surface area contributed by atoms with Gasteiger partial charge in [-0.3, -0.25) is 10.1 Å². The number of nitro groups is 1. The summed E-state index contributed by atoms with van der Waals surface area (Å²) in [6, 6.07) is 5.09. The third kappa shape index (κ3) is 2.69. The monoisotopic (exact) mass is 266 g/mol. The number of hydrogen-bond donors (Lipinski definition) is 1. The molecule has 0 aliphatic heterocycles. The second-order valence-electron chi connectivity index (χ2n) is 4.69. The minimum Gasteiger partial charge on any atom is -0.488 e. The topological polar surface area (TPSA) is 73.6 Å². The average molecular weight is 266 g/mol. The quantitative estimate of drug-likeness (QED) is 0.648. The first-order chi connectivity index (χ1) is 9.06. The minimum atomic E-state index is -0.391. The number of nitrogens with one attached hydrogen (secondary N) is 1. The Morgan fingerprint density at radius 2 is 2.21 bits per heavy atom. The van der Waals surface area contributed by atoms with Crippen LogP contribution < -0.4 is 10.1 Å². The van der Waals surface area contributed by atoms with Crippen molar-refractivity contribution in [3.63, 3.8) is 0 Å². The van der Waals surface area contributed by atoms with E-state index in [1.54, 1.807) is 26.2 Å². The zero-order valence-electron chi connectivity index (χ0n) is 11.3. The third-order valence-corrected chi connectivity index (χ3v) is 3.54. The van der Waals surface area contributed by atoms with Crippen molar-refractivity contribution in [2.45, 2.75) is 31.6 Å². The Bertz CT molecular complexity index is 478. The lowest BCUT2D eigenvalue weighted by Crippen LogP contribution is -2.60. The zero-order chi connectivity index (χ0) is 14.0. The van der Waals surface area contributed by atoms with Crippen molar-refractivity contribution in [1.82, 2.24) is 5.32 Å². The summed E-state index contributed by atoms with van der Waals surface area (Å²) in [5.41, 5.74) is 0.707. The Morgan fingerprint density at radius 1 is 1.47 bits per heavy atom. The summed E-state index contributed by atoms with van der Waals surface area (Å²) < 4.78 is 11.2. The molecule has 19 heavy (non-hydrogen) atoms. The molecule has 0 saturated heterocycles. The summed E-state index contributed by atoms with van der Waals surface area (Å²) in [7, 11) is 3.55. The van der Waals surface area contributed by atoms with Crippen LogP contribution in [0.4, 0.5) is 5.69 Å². The van der Waals surface area contributed by atoms with Gasteiger partial charge in [-0.2, -0.15) is 0 Å². The van der Waals surface area contributed by atoms with Crippen LogP contribution >= 0.6 is 0 Å². The maximum Gasteiger partial charge on any atom is 0.272 e. The summed E-state index contributed by atoms with van der Waals surface area (Å²) in [5, 5.41) is 13.9. The van der Waals surface area contributed by atoms with Crippen LogP contribution in [0.15, 0.2) is 18.2 Å². The first-order valence-electron chi connectivity index (χ1n) is 6.18. The number of ether oxygens (including phenoxy) is 2. The first-order valence-corrected chi connectivity index (χ1v) is 6.18. The summed E-state index contributed by atoms with van der Waals surface area (Å²) in [4.78, 5) is 10.3. The molecule has 0 spiro atoms. The largest absolute Gasteiger partial charge is 0.488 e. The number of hydrogen-bond acceptors (Lipinski definition) is 5. The highest BCUT2D eigenvalue weighted by Gasteiger charge is 2.42. The Labute approximate surface area is 111 Å².